The Kier molecular flexibility index (Phi) is 5.71. The van der Waals surface area contributed by atoms with E-state index in [0.717, 1.165) is 39.5 Å². The minimum atomic E-state index is 0.282. The molecular weight excluding hydrogens is 216 g/mol. The predicted octanol–water partition coefficient (Wildman–Crippen LogP) is 0.866. The summed E-state index contributed by atoms with van der Waals surface area (Å²) < 4.78 is 11.2. The minimum absolute atomic E-state index is 0.282. The fourth-order valence-electron chi connectivity index (χ4n) is 2.71. The van der Waals surface area contributed by atoms with Gasteiger partial charge in [-0.3, -0.25) is 4.90 Å². The fraction of sp³-hybridized carbons (Fsp3) is 1.00. The molecule has 1 N–H and O–H groups in total. The van der Waals surface area contributed by atoms with Crippen molar-refractivity contribution in [1.82, 2.24) is 10.2 Å². The van der Waals surface area contributed by atoms with E-state index in [9.17, 15) is 0 Å². The summed E-state index contributed by atoms with van der Waals surface area (Å²) in [6.07, 6.45) is 4.06. The van der Waals surface area contributed by atoms with Crippen LogP contribution in [0.1, 0.15) is 26.2 Å². The van der Waals surface area contributed by atoms with E-state index in [2.05, 4.69) is 17.1 Å². The summed E-state index contributed by atoms with van der Waals surface area (Å²) >= 11 is 0. The molecule has 0 aromatic rings. The van der Waals surface area contributed by atoms with E-state index in [1.807, 2.05) is 0 Å². The Balaban J connectivity index is 1.77. The fourth-order valence-corrected chi connectivity index (χ4v) is 2.71. The predicted molar refractivity (Wildman–Crippen MR) is 68.3 cm³/mol. The molecule has 0 bridgehead atoms. The van der Waals surface area contributed by atoms with Crippen LogP contribution in [-0.4, -0.2) is 63.0 Å². The molecule has 4 nitrogen and oxygen atoms in total. The summed E-state index contributed by atoms with van der Waals surface area (Å²) in [7, 11) is 0. The van der Waals surface area contributed by atoms with Crippen LogP contribution < -0.4 is 5.32 Å². The normalized spacial score (nSPS) is 32.3. The van der Waals surface area contributed by atoms with Crippen LogP contribution in [0.25, 0.3) is 0 Å². The van der Waals surface area contributed by atoms with Crippen LogP contribution in [0.4, 0.5) is 0 Å². The third kappa shape index (κ3) is 4.54. The molecule has 0 amide bonds. The maximum atomic E-state index is 5.73. The first kappa shape index (κ1) is 13.3. The highest BCUT2D eigenvalue weighted by Gasteiger charge is 2.22. The SMILES string of the molecule is CCCC1CN(CC2COCCO2)CCCN1. The van der Waals surface area contributed by atoms with Gasteiger partial charge in [-0.2, -0.15) is 0 Å². The Morgan fingerprint density at radius 3 is 3.06 bits per heavy atom. The van der Waals surface area contributed by atoms with Gasteiger partial charge in [0.1, 0.15) is 0 Å². The average molecular weight is 242 g/mol. The molecule has 100 valence electrons. The van der Waals surface area contributed by atoms with Crippen LogP contribution in [0.2, 0.25) is 0 Å². The molecule has 4 heteroatoms. The molecule has 0 aliphatic carbocycles. The highest BCUT2D eigenvalue weighted by atomic mass is 16.6. The maximum Gasteiger partial charge on any atom is 0.0936 e. The molecule has 2 rings (SSSR count). The zero-order valence-electron chi connectivity index (χ0n) is 11.0. The van der Waals surface area contributed by atoms with E-state index in [1.165, 1.54) is 25.8 Å². The summed E-state index contributed by atoms with van der Waals surface area (Å²) in [5.74, 6) is 0. The number of nitrogens with one attached hydrogen (secondary N) is 1. The van der Waals surface area contributed by atoms with Crippen LogP contribution >= 0.6 is 0 Å². The third-order valence-electron chi connectivity index (χ3n) is 3.55. The topological polar surface area (TPSA) is 33.7 Å². The van der Waals surface area contributed by atoms with Crippen molar-refractivity contribution in [2.24, 2.45) is 0 Å². The van der Waals surface area contributed by atoms with Gasteiger partial charge in [-0.15, -0.1) is 0 Å². The highest BCUT2D eigenvalue weighted by Crippen LogP contribution is 2.09. The number of hydrogen-bond acceptors (Lipinski definition) is 4. The molecule has 17 heavy (non-hydrogen) atoms. The molecular formula is C13H26N2O2. The quantitative estimate of drug-likeness (QED) is 0.793. The molecule has 2 atom stereocenters. The van der Waals surface area contributed by atoms with E-state index >= 15 is 0 Å². The Morgan fingerprint density at radius 2 is 2.29 bits per heavy atom. The summed E-state index contributed by atoms with van der Waals surface area (Å²) in [6, 6.07) is 0.659. The Morgan fingerprint density at radius 1 is 1.35 bits per heavy atom. The van der Waals surface area contributed by atoms with Crippen molar-refractivity contribution in [3.05, 3.63) is 0 Å². The number of nitrogens with zero attached hydrogens (tertiary/aromatic N) is 1. The lowest BCUT2D eigenvalue weighted by molar-refractivity contribution is -0.0975. The molecule has 0 saturated carbocycles. The summed E-state index contributed by atoms with van der Waals surface area (Å²) in [5, 5.41) is 3.64. The summed E-state index contributed by atoms with van der Waals surface area (Å²) in [4.78, 5) is 2.54. The van der Waals surface area contributed by atoms with E-state index in [1.54, 1.807) is 0 Å². The molecule has 2 aliphatic rings. The van der Waals surface area contributed by atoms with Gasteiger partial charge in [0.2, 0.25) is 0 Å². The van der Waals surface area contributed by atoms with Crippen LogP contribution in [0.15, 0.2) is 0 Å². The maximum absolute atomic E-state index is 5.73. The number of rotatable bonds is 4. The monoisotopic (exact) mass is 242 g/mol. The molecule has 2 saturated heterocycles. The molecule has 0 radical (unpaired) electrons. The zero-order valence-corrected chi connectivity index (χ0v) is 11.0. The van der Waals surface area contributed by atoms with Gasteiger partial charge in [0.25, 0.3) is 0 Å². The summed E-state index contributed by atoms with van der Waals surface area (Å²) in [6.45, 7) is 9.08. The van der Waals surface area contributed by atoms with Crippen LogP contribution in [-0.2, 0) is 9.47 Å². The smallest absolute Gasteiger partial charge is 0.0936 e. The average Bonchev–Trinajstić information content (AvgIpc) is 2.56. The van der Waals surface area contributed by atoms with E-state index < -0.39 is 0 Å². The lowest BCUT2D eigenvalue weighted by Crippen LogP contribution is -2.44. The highest BCUT2D eigenvalue weighted by molar-refractivity contribution is 4.78. The standard InChI is InChI=1S/C13H26N2O2/c1-2-4-12-9-15(6-3-5-14-12)10-13-11-16-7-8-17-13/h12-14H,2-11H2,1H3. The van der Waals surface area contributed by atoms with Crippen LogP contribution in [0.3, 0.4) is 0 Å². The minimum Gasteiger partial charge on any atom is -0.376 e. The Labute approximate surface area is 105 Å². The molecule has 2 heterocycles. The van der Waals surface area contributed by atoms with Gasteiger partial charge in [0, 0.05) is 19.1 Å². The second-order valence-corrected chi connectivity index (χ2v) is 5.12. The second kappa shape index (κ2) is 7.31. The van der Waals surface area contributed by atoms with Gasteiger partial charge in [-0.05, 0) is 25.9 Å². The lowest BCUT2D eigenvalue weighted by atomic mass is 10.1. The van der Waals surface area contributed by atoms with Crippen LogP contribution in [0, 0.1) is 0 Å². The molecule has 0 aromatic heterocycles. The Hall–Kier alpha value is -0.160. The van der Waals surface area contributed by atoms with Gasteiger partial charge in [-0.25, -0.2) is 0 Å². The largest absolute Gasteiger partial charge is 0.376 e. The van der Waals surface area contributed by atoms with Crippen molar-refractivity contribution < 1.29 is 9.47 Å². The van der Waals surface area contributed by atoms with Gasteiger partial charge < -0.3 is 14.8 Å². The number of ether oxygens (including phenoxy) is 2. The number of hydrogen-bond donors (Lipinski definition) is 1. The van der Waals surface area contributed by atoms with Crippen LogP contribution in [0.5, 0.6) is 0 Å². The van der Waals surface area contributed by atoms with Gasteiger partial charge in [-0.1, -0.05) is 13.3 Å². The summed E-state index contributed by atoms with van der Waals surface area (Å²) in [5.41, 5.74) is 0. The second-order valence-electron chi connectivity index (χ2n) is 5.12. The molecule has 0 spiro atoms. The third-order valence-corrected chi connectivity index (χ3v) is 3.55. The first-order valence-corrected chi connectivity index (χ1v) is 7.03. The molecule has 0 aromatic carbocycles. The van der Waals surface area contributed by atoms with E-state index in [0.29, 0.717) is 6.04 Å². The molecule has 2 aliphatic heterocycles. The van der Waals surface area contributed by atoms with Crippen molar-refractivity contribution in [3.8, 4) is 0 Å². The van der Waals surface area contributed by atoms with Crippen molar-refractivity contribution in [2.45, 2.75) is 38.3 Å². The van der Waals surface area contributed by atoms with Crippen molar-refractivity contribution in [2.75, 3.05) is 46.0 Å². The van der Waals surface area contributed by atoms with E-state index in [-0.39, 0.29) is 6.10 Å². The molecule has 2 unspecified atom stereocenters. The van der Waals surface area contributed by atoms with Gasteiger partial charge in [0.05, 0.1) is 25.9 Å². The Bertz CT molecular complexity index is 208. The zero-order chi connectivity index (χ0) is 11.9. The van der Waals surface area contributed by atoms with Crippen molar-refractivity contribution in [3.63, 3.8) is 0 Å². The molecule has 2 fully saturated rings. The first-order valence-electron chi connectivity index (χ1n) is 7.03. The lowest BCUT2D eigenvalue weighted by Gasteiger charge is -2.30. The first-order chi connectivity index (χ1) is 8.38. The van der Waals surface area contributed by atoms with Crippen molar-refractivity contribution in [1.29, 1.82) is 0 Å². The van der Waals surface area contributed by atoms with Gasteiger partial charge in [0.15, 0.2) is 0 Å². The van der Waals surface area contributed by atoms with Crippen molar-refractivity contribution >= 4 is 0 Å². The van der Waals surface area contributed by atoms with Gasteiger partial charge >= 0.3 is 0 Å². The van der Waals surface area contributed by atoms with E-state index in [4.69, 9.17) is 9.47 Å².